The number of hydrogen-bond donors (Lipinski definition) is 1. The zero-order valence-electron chi connectivity index (χ0n) is 6.13. The number of hydrogen-bond acceptors (Lipinski definition) is 3. The van der Waals surface area contributed by atoms with Crippen LogP contribution < -0.4 is 0 Å². The summed E-state index contributed by atoms with van der Waals surface area (Å²) in [5.74, 6) is -2.17. The molecule has 0 aliphatic rings. The zero-order chi connectivity index (χ0) is 10.1. The highest BCUT2D eigenvalue weighted by Gasteiger charge is 2.32. The van der Waals surface area contributed by atoms with Crippen LogP contribution in [0.2, 0.25) is 0 Å². The minimum absolute atomic E-state index is 0.558. The van der Waals surface area contributed by atoms with Gasteiger partial charge in [0.25, 0.3) is 0 Å². The van der Waals surface area contributed by atoms with Crippen LogP contribution in [0, 0.1) is 0 Å². The van der Waals surface area contributed by atoms with Crippen molar-refractivity contribution in [1.82, 2.24) is 5.16 Å². The average Bonchev–Trinajstić information content (AvgIpc) is 2.31. The molecule has 4 nitrogen and oxygen atoms in total. The van der Waals surface area contributed by atoms with E-state index in [9.17, 15) is 18.0 Å². The minimum atomic E-state index is -4.50. The Labute approximate surface area is 69.9 Å². The summed E-state index contributed by atoms with van der Waals surface area (Å²) in [6.07, 6.45) is -5.18. The maximum Gasteiger partial charge on any atom is 0.396 e. The second-order valence-electron chi connectivity index (χ2n) is 2.26. The SMILES string of the molecule is O=C(O)c1cnoc1CC(F)(F)F. The van der Waals surface area contributed by atoms with Gasteiger partial charge in [-0.1, -0.05) is 5.16 Å². The molecule has 0 aliphatic heterocycles. The fourth-order valence-electron chi connectivity index (χ4n) is 0.748. The first kappa shape index (κ1) is 9.56. The van der Waals surface area contributed by atoms with Crippen molar-refractivity contribution in [2.24, 2.45) is 0 Å². The topological polar surface area (TPSA) is 63.3 Å². The summed E-state index contributed by atoms with van der Waals surface area (Å²) < 4.78 is 39.5. The van der Waals surface area contributed by atoms with E-state index < -0.39 is 29.9 Å². The Morgan fingerprint density at radius 2 is 2.23 bits per heavy atom. The Bertz CT molecular complexity index is 317. The molecule has 13 heavy (non-hydrogen) atoms. The van der Waals surface area contributed by atoms with Gasteiger partial charge in [-0.05, 0) is 0 Å². The minimum Gasteiger partial charge on any atom is -0.478 e. The van der Waals surface area contributed by atoms with E-state index in [-0.39, 0.29) is 0 Å². The predicted octanol–water partition coefficient (Wildman–Crippen LogP) is 1.48. The summed E-state index contributed by atoms with van der Waals surface area (Å²) >= 11 is 0. The third kappa shape index (κ3) is 2.46. The van der Waals surface area contributed by atoms with Crippen LogP contribution in [0.3, 0.4) is 0 Å². The van der Waals surface area contributed by atoms with E-state index in [0.29, 0.717) is 0 Å². The summed E-state index contributed by atoms with van der Waals surface area (Å²) in [7, 11) is 0. The summed E-state index contributed by atoms with van der Waals surface area (Å²) in [5, 5.41) is 11.4. The molecule has 7 heteroatoms. The largest absolute Gasteiger partial charge is 0.478 e. The Morgan fingerprint density at radius 3 is 2.69 bits per heavy atom. The summed E-state index contributed by atoms with van der Waals surface area (Å²) in [6, 6.07) is 0. The molecule has 0 amide bonds. The van der Waals surface area contributed by atoms with E-state index in [1.807, 2.05) is 0 Å². The number of carboxylic acids is 1. The second-order valence-corrected chi connectivity index (χ2v) is 2.26. The maximum absolute atomic E-state index is 11.8. The van der Waals surface area contributed by atoms with Crippen molar-refractivity contribution in [3.63, 3.8) is 0 Å². The molecule has 1 rings (SSSR count). The van der Waals surface area contributed by atoms with Gasteiger partial charge in [0.05, 0.1) is 6.20 Å². The lowest BCUT2D eigenvalue weighted by atomic mass is 10.2. The van der Waals surface area contributed by atoms with Crippen LogP contribution in [0.5, 0.6) is 0 Å². The molecule has 1 N–H and O–H groups in total. The highest BCUT2D eigenvalue weighted by atomic mass is 19.4. The lowest BCUT2D eigenvalue weighted by Gasteiger charge is -2.02. The second kappa shape index (κ2) is 3.08. The van der Waals surface area contributed by atoms with Gasteiger partial charge < -0.3 is 9.63 Å². The number of carboxylic acid groups (broad SMARTS) is 1. The summed E-state index contributed by atoms with van der Waals surface area (Å²) in [5.41, 5.74) is -0.558. The molecule has 0 saturated heterocycles. The molecule has 72 valence electrons. The van der Waals surface area contributed by atoms with Gasteiger partial charge in [-0.15, -0.1) is 0 Å². The molecule has 1 aromatic rings. The highest BCUT2D eigenvalue weighted by molar-refractivity contribution is 5.88. The van der Waals surface area contributed by atoms with Crippen molar-refractivity contribution in [3.05, 3.63) is 17.5 Å². The van der Waals surface area contributed by atoms with Crippen molar-refractivity contribution in [3.8, 4) is 0 Å². The van der Waals surface area contributed by atoms with Crippen LogP contribution in [0.15, 0.2) is 10.7 Å². The molecule has 1 heterocycles. The van der Waals surface area contributed by atoms with Gasteiger partial charge in [0.15, 0.2) is 5.76 Å². The van der Waals surface area contributed by atoms with E-state index in [1.165, 1.54) is 0 Å². The van der Waals surface area contributed by atoms with Crippen molar-refractivity contribution >= 4 is 5.97 Å². The molecule has 0 bridgehead atoms. The molecule has 1 aromatic heterocycles. The predicted molar refractivity (Wildman–Crippen MR) is 33.2 cm³/mol. The Hall–Kier alpha value is -1.53. The van der Waals surface area contributed by atoms with Gasteiger partial charge in [0.2, 0.25) is 0 Å². The van der Waals surface area contributed by atoms with E-state index in [1.54, 1.807) is 0 Å². The first-order chi connectivity index (χ1) is 5.90. The van der Waals surface area contributed by atoms with Gasteiger partial charge in [-0.2, -0.15) is 13.2 Å². The van der Waals surface area contributed by atoms with Crippen molar-refractivity contribution < 1.29 is 27.6 Å². The van der Waals surface area contributed by atoms with Crippen LogP contribution in [-0.2, 0) is 6.42 Å². The van der Waals surface area contributed by atoms with E-state index in [0.717, 1.165) is 6.20 Å². The number of nitrogens with zero attached hydrogens (tertiary/aromatic N) is 1. The quantitative estimate of drug-likeness (QED) is 0.776. The lowest BCUT2D eigenvalue weighted by Crippen LogP contribution is -2.13. The number of halogens is 3. The number of aromatic nitrogens is 1. The smallest absolute Gasteiger partial charge is 0.396 e. The molecule has 0 atom stereocenters. The number of carbonyl (C=O) groups is 1. The summed E-state index contributed by atoms with van der Waals surface area (Å²) in [4.78, 5) is 10.3. The zero-order valence-corrected chi connectivity index (χ0v) is 6.13. The first-order valence-corrected chi connectivity index (χ1v) is 3.14. The molecule has 0 aliphatic carbocycles. The van der Waals surface area contributed by atoms with E-state index in [2.05, 4.69) is 9.68 Å². The number of aromatic carboxylic acids is 1. The van der Waals surface area contributed by atoms with Crippen LogP contribution >= 0.6 is 0 Å². The third-order valence-electron chi connectivity index (χ3n) is 1.24. The fourth-order valence-corrected chi connectivity index (χ4v) is 0.748. The number of alkyl halides is 3. The molecular weight excluding hydrogens is 191 g/mol. The van der Waals surface area contributed by atoms with Crippen LogP contribution in [-0.4, -0.2) is 22.4 Å². The average molecular weight is 195 g/mol. The molecule has 0 fully saturated rings. The van der Waals surface area contributed by atoms with Gasteiger partial charge in [0, 0.05) is 0 Å². The third-order valence-corrected chi connectivity index (χ3v) is 1.24. The lowest BCUT2D eigenvalue weighted by molar-refractivity contribution is -0.130. The monoisotopic (exact) mass is 195 g/mol. The van der Waals surface area contributed by atoms with E-state index >= 15 is 0 Å². The standard InChI is InChI=1S/C6H4F3NO3/c7-6(8,9)1-4-3(5(11)12)2-10-13-4/h2H,1H2,(H,11,12). The van der Waals surface area contributed by atoms with Crippen molar-refractivity contribution in [2.75, 3.05) is 0 Å². The first-order valence-electron chi connectivity index (χ1n) is 3.14. The summed E-state index contributed by atoms with van der Waals surface area (Å²) in [6.45, 7) is 0. The molecule has 0 unspecified atom stereocenters. The number of rotatable bonds is 2. The van der Waals surface area contributed by atoms with Crippen LogP contribution in [0.1, 0.15) is 16.1 Å². The molecule has 0 spiro atoms. The maximum atomic E-state index is 11.8. The highest BCUT2D eigenvalue weighted by Crippen LogP contribution is 2.23. The van der Waals surface area contributed by atoms with E-state index in [4.69, 9.17) is 5.11 Å². The normalized spacial score (nSPS) is 11.6. The van der Waals surface area contributed by atoms with Crippen LogP contribution in [0.25, 0.3) is 0 Å². The molecule has 0 radical (unpaired) electrons. The molecule has 0 aromatic carbocycles. The van der Waals surface area contributed by atoms with Crippen molar-refractivity contribution in [2.45, 2.75) is 12.6 Å². The van der Waals surface area contributed by atoms with Gasteiger partial charge >= 0.3 is 12.1 Å². The Kier molecular flexibility index (Phi) is 2.26. The van der Waals surface area contributed by atoms with Crippen LogP contribution in [0.4, 0.5) is 13.2 Å². The molecular formula is C6H4F3NO3. The van der Waals surface area contributed by atoms with Gasteiger partial charge in [-0.25, -0.2) is 4.79 Å². The van der Waals surface area contributed by atoms with Gasteiger partial charge in [-0.3, -0.25) is 0 Å². The van der Waals surface area contributed by atoms with Crippen molar-refractivity contribution in [1.29, 1.82) is 0 Å². The Morgan fingerprint density at radius 1 is 1.62 bits per heavy atom. The molecule has 0 saturated carbocycles. The Balaban J connectivity index is 2.89. The van der Waals surface area contributed by atoms with Gasteiger partial charge in [0.1, 0.15) is 12.0 Å². The fraction of sp³-hybridized carbons (Fsp3) is 0.333.